The van der Waals surface area contributed by atoms with E-state index in [4.69, 9.17) is 15.6 Å². The summed E-state index contributed by atoms with van der Waals surface area (Å²) in [6.07, 6.45) is 8.73. The molecule has 1 atom stereocenters. The number of para-hydroxylation sites is 1. The molecular weight excluding hydrogens is 606 g/mol. The van der Waals surface area contributed by atoms with Gasteiger partial charge in [-0.3, -0.25) is 23.9 Å². The van der Waals surface area contributed by atoms with E-state index in [1.807, 2.05) is 69.1 Å². The molecule has 0 spiro atoms. The first-order chi connectivity index (χ1) is 23.5. The zero-order valence-electron chi connectivity index (χ0n) is 26.8. The van der Waals surface area contributed by atoms with Crippen LogP contribution in [0.1, 0.15) is 29.2 Å². The predicted octanol–water partition coefficient (Wildman–Crippen LogP) is 4.48. The smallest absolute Gasteiger partial charge is 0.255 e. The van der Waals surface area contributed by atoms with E-state index in [0.717, 1.165) is 85.5 Å². The van der Waals surface area contributed by atoms with Gasteiger partial charge in [0.05, 0.1) is 42.9 Å². The molecule has 0 unspecified atom stereocenters. The number of likely N-dealkylation sites (tertiary alicyclic amines) is 1. The summed E-state index contributed by atoms with van der Waals surface area (Å²) in [4.78, 5) is 34.5. The number of morpholine rings is 1. The number of ether oxygens (including phenoxy) is 1. The number of hydrogen-bond acceptors (Lipinski definition) is 8. The Morgan fingerprint density at radius 1 is 1.00 bits per heavy atom. The van der Waals surface area contributed by atoms with E-state index in [1.54, 1.807) is 18.3 Å². The number of rotatable bonds is 9. The molecular formula is C36H39N9O3. The number of aromatic nitrogens is 5. The largest absolute Gasteiger partial charge is 0.383 e. The summed E-state index contributed by atoms with van der Waals surface area (Å²) in [7, 11) is 0. The first-order valence-electron chi connectivity index (χ1n) is 16.4. The van der Waals surface area contributed by atoms with Crippen molar-refractivity contribution in [3.05, 3.63) is 91.4 Å². The molecule has 3 aromatic heterocycles. The average Bonchev–Trinajstić information content (AvgIpc) is 3.78. The van der Waals surface area contributed by atoms with Gasteiger partial charge in [-0.15, -0.1) is 0 Å². The summed E-state index contributed by atoms with van der Waals surface area (Å²) in [6.45, 7) is 9.86. The lowest BCUT2D eigenvalue weighted by Gasteiger charge is -2.32. The van der Waals surface area contributed by atoms with Crippen molar-refractivity contribution in [2.75, 3.05) is 57.0 Å². The molecule has 2 amide bonds. The molecule has 0 radical (unpaired) electrons. The number of benzene rings is 2. The van der Waals surface area contributed by atoms with Gasteiger partial charge in [0.25, 0.3) is 5.91 Å². The fourth-order valence-corrected chi connectivity index (χ4v) is 6.55. The Hall–Kier alpha value is -5.33. The number of piperidine rings is 1. The van der Waals surface area contributed by atoms with Gasteiger partial charge in [-0.2, -0.15) is 10.2 Å². The van der Waals surface area contributed by atoms with E-state index in [0.29, 0.717) is 30.2 Å². The first kappa shape index (κ1) is 31.3. The van der Waals surface area contributed by atoms with Gasteiger partial charge in [-0.25, -0.2) is 4.98 Å². The minimum absolute atomic E-state index is 0.0910. The third-order valence-corrected chi connectivity index (χ3v) is 9.13. The van der Waals surface area contributed by atoms with Crippen LogP contribution < -0.4 is 11.1 Å². The van der Waals surface area contributed by atoms with Crippen molar-refractivity contribution in [2.24, 2.45) is 0 Å². The van der Waals surface area contributed by atoms with Crippen molar-refractivity contribution in [2.45, 2.75) is 25.4 Å². The molecule has 0 aliphatic carbocycles. The van der Waals surface area contributed by atoms with Crippen LogP contribution >= 0.6 is 0 Å². The third-order valence-electron chi connectivity index (χ3n) is 9.13. The maximum absolute atomic E-state index is 13.0. The lowest BCUT2D eigenvalue weighted by molar-refractivity contribution is -0.127. The quantitative estimate of drug-likeness (QED) is 0.224. The Morgan fingerprint density at radius 3 is 2.56 bits per heavy atom. The van der Waals surface area contributed by atoms with Crippen LogP contribution in [-0.4, -0.2) is 92.1 Å². The number of fused-ring (bicyclic) bond motifs is 1. The Labute approximate surface area is 278 Å². The summed E-state index contributed by atoms with van der Waals surface area (Å²) in [5, 5.41) is 13.5. The van der Waals surface area contributed by atoms with Crippen LogP contribution in [0.5, 0.6) is 0 Å². The van der Waals surface area contributed by atoms with Crippen LogP contribution in [-0.2, 0) is 16.1 Å². The molecule has 2 aromatic carbocycles. The summed E-state index contributed by atoms with van der Waals surface area (Å²) in [5.41, 5.74) is 12.0. The Morgan fingerprint density at radius 2 is 1.79 bits per heavy atom. The minimum Gasteiger partial charge on any atom is -0.383 e. The molecule has 246 valence electrons. The van der Waals surface area contributed by atoms with Gasteiger partial charge in [-0.1, -0.05) is 36.9 Å². The van der Waals surface area contributed by atoms with Gasteiger partial charge in [0.2, 0.25) is 5.91 Å². The molecule has 7 rings (SSSR count). The normalized spacial score (nSPS) is 17.0. The molecule has 5 aromatic rings. The van der Waals surface area contributed by atoms with Crippen LogP contribution in [0.25, 0.3) is 33.3 Å². The van der Waals surface area contributed by atoms with Crippen molar-refractivity contribution in [3.63, 3.8) is 0 Å². The number of pyridine rings is 1. The number of anilines is 2. The van der Waals surface area contributed by atoms with Gasteiger partial charge in [0, 0.05) is 73.1 Å². The lowest BCUT2D eigenvalue weighted by atomic mass is 10.0. The maximum Gasteiger partial charge on any atom is 0.255 e. The molecule has 5 heterocycles. The zero-order valence-corrected chi connectivity index (χ0v) is 26.8. The summed E-state index contributed by atoms with van der Waals surface area (Å²) >= 11 is 0. The summed E-state index contributed by atoms with van der Waals surface area (Å²) in [5.74, 6) is 0.0607. The number of nitrogens with zero attached hydrogens (tertiary/aromatic N) is 7. The number of nitrogen functional groups attached to an aromatic ring is 1. The van der Waals surface area contributed by atoms with E-state index >= 15 is 0 Å². The van der Waals surface area contributed by atoms with Gasteiger partial charge < -0.3 is 20.7 Å². The van der Waals surface area contributed by atoms with E-state index in [-0.39, 0.29) is 17.9 Å². The van der Waals surface area contributed by atoms with Gasteiger partial charge in [0.15, 0.2) is 0 Å². The van der Waals surface area contributed by atoms with Crippen molar-refractivity contribution in [1.29, 1.82) is 0 Å². The molecule has 48 heavy (non-hydrogen) atoms. The summed E-state index contributed by atoms with van der Waals surface area (Å²) in [6, 6.07) is 16.6. The Bertz CT molecular complexity index is 1930. The minimum atomic E-state index is -0.202. The lowest BCUT2D eigenvalue weighted by Crippen LogP contribution is -2.40. The second kappa shape index (κ2) is 13.8. The number of nitrogens with two attached hydrogens (primary N) is 1. The zero-order chi connectivity index (χ0) is 33.0. The van der Waals surface area contributed by atoms with Crippen molar-refractivity contribution < 1.29 is 14.3 Å². The number of amides is 2. The maximum atomic E-state index is 13.0. The van der Waals surface area contributed by atoms with Crippen molar-refractivity contribution in [1.82, 2.24) is 34.3 Å². The second-order valence-corrected chi connectivity index (χ2v) is 12.2. The van der Waals surface area contributed by atoms with E-state index in [2.05, 4.69) is 26.9 Å². The van der Waals surface area contributed by atoms with Gasteiger partial charge >= 0.3 is 0 Å². The van der Waals surface area contributed by atoms with Crippen LogP contribution in [0, 0.1) is 0 Å². The molecule has 3 N–H and O–H groups in total. The van der Waals surface area contributed by atoms with Gasteiger partial charge in [-0.05, 0) is 43.2 Å². The Kier molecular flexibility index (Phi) is 8.99. The van der Waals surface area contributed by atoms with Crippen molar-refractivity contribution in [3.8, 4) is 22.4 Å². The van der Waals surface area contributed by atoms with E-state index in [9.17, 15) is 9.59 Å². The number of hydrogen-bond donors (Lipinski definition) is 2. The topological polar surface area (TPSA) is 136 Å². The Balaban J connectivity index is 1.26. The first-order valence-corrected chi connectivity index (χ1v) is 16.4. The number of nitrogens with one attached hydrogen (secondary N) is 1. The monoisotopic (exact) mass is 645 g/mol. The van der Waals surface area contributed by atoms with Crippen molar-refractivity contribution >= 4 is 34.2 Å². The van der Waals surface area contributed by atoms with Crippen LogP contribution in [0.3, 0.4) is 0 Å². The molecule has 2 saturated heterocycles. The highest BCUT2D eigenvalue weighted by atomic mass is 16.5. The standard InChI is InChI=1S/C36H39N9O3/c1-2-31(46)43-14-6-9-29(24-43)45-34-30(27-21-39-44(23-27)16-15-42-17-19-48-20-18-42)22-38-35(37)32(34)33(41-45)25-10-12-26(13-11-25)36(47)40-28-7-4-3-5-8-28/h2-5,7-8,10-13,21-23,29H,1,6,9,14-20,24H2,(H2,37,38)(H,40,47)/t29-/m1/s1. The molecule has 0 saturated carbocycles. The third kappa shape index (κ3) is 6.44. The van der Waals surface area contributed by atoms with Crippen LogP contribution in [0.4, 0.5) is 11.5 Å². The predicted molar refractivity (Wildman–Crippen MR) is 185 cm³/mol. The average molecular weight is 646 g/mol. The molecule has 2 fully saturated rings. The second-order valence-electron chi connectivity index (χ2n) is 12.2. The molecule has 0 bridgehead atoms. The number of carbonyl (C=O) groups is 2. The molecule has 12 heteroatoms. The number of carbonyl (C=O) groups excluding carboxylic acids is 2. The van der Waals surface area contributed by atoms with E-state index in [1.165, 1.54) is 6.08 Å². The highest BCUT2D eigenvalue weighted by molar-refractivity contribution is 6.08. The van der Waals surface area contributed by atoms with Crippen LogP contribution in [0.15, 0.2) is 85.8 Å². The highest BCUT2D eigenvalue weighted by Gasteiger charge is 2.29. The fraction of sp³-hybridized carbons (Fsp3) is 0.306. The highest BCUT2D eigenvalue weighted by Crippen LogP contribution is 2.40. The molecule has 12 nitrogen and oxygen atoms in total. The van der Waals surface area contributed by atoms with Crippen LogP contribution in [0.2, 0.25) is 0 Å². The molecule has 2 aliphatic rings. The fourth-order valence-electron chi connectivity index (χ4n) is 6.55. The van der Waals surface area contributed by atoms with Gasteiger partial charge in [0.1, 0.15) is 11.5 Å². The summed E-state index contributed by atoms with van der Waals surface area (Å²) < 4.78 is 9.46. The van der Waals surface area contributed by atoms with E-state index < -0.39 is 0 Å². The molecule has 2 aliphatic heterocycles. The SMILES string of the molecule is C=CC(=O)N1CCC[C@@H](n2nc(-c3ccc(C(=O)Nc4ccccc4)cc3)c3c(N)ncc(-c4cnn(CCN5CCOCC5)c4)c32)C1.